The maximum absolute atomic E-state index is 12.5. The molecule has 1 saturated heterocycles. The Morgan fingerprint density at radius 3 is 2.86 bits per heavy atom. The number of hydrogen-bond acceptors (Lipinski definition) is 2. The molecule has 1 fully saturated rings. The molecule has 112 valence electrons. The normalized spacial score (nSPS) is 21.7. The Labute approximate surface area is 133 Å². The van der Waals surface area contributed by atoms with E-state index in [9.17, 15) is 9.59 Å². The second-order valence-electron chi connectivity index (χ2n) is 5.55. The van der Waals surface area contributed by atoms with E-state index in [0.29, 0.717) is 36.0 Å². The fourth-order valence-electron chi connectivity index (χ4n) is 3.01. The van der Waals surface area contributed by atoms with Crippen LogP contribution < -0.4 is 5.32 Å². The van der Waals surface area contributed by atoms with Crippen LogP contribution in [-0.4, -0.2) is 29.3 Å². The summed E-state index contributed by atoms with van der Waals surface area (Å²) < 4.78 is 0. The second-order valence-corrected chi connectivity index (χ2v) is 6.39. The number of piperidine rings is 1. The van der Waals surface area contributed by atoms with Crippen molar-refractivity contribution in [2.45, 2.75) is 38.3 Å². The highest BCUT2D eigenvalue weighted by Gasteiger charge is 2.31. The van der Waals surface area contributed by atoms with Crippen LogP contribution in [0.2, 0.25) is 10.0 Å². The summed E-state index contributed by atoms with van der Waals surface area (Å²) in [4.78, 5) is 25.7. The van der Waals surface area contributed by atoms with E-state index in [-0.39, 0.29) is 17.9 Å². The molecule has 0 aliphatic carbocycles. The molecule has 0 saturated carbocycles. The summed E-state index contributed by atoms with van der Waals surface area (Å²) in [6, 6.07) is 3.21. The van der Waals surface area contributed by atoms with E-state index in [1.165, 1.54) is 0 Å². The maximum Gasteiger partial charge on any atom is 0.245 e. The lowest BCUT2D eigenvalue weighted by Gasteiger charge is -2.33. The van der Waals surface area contributed by atoms with Gasteiger partial charge in [0, 0.05) is 29.6 Å². The Kier molecular flexibility index (Phi) is 4.09. The van der Waals surface area contributed by atoms with Gasteiger partial charge in [-0.1, -0.05) is 23.2 Å². The van der Waals surface area contributed by atoms with Gasteiger partial charge in [-0.25, -0.2) is 0 Å². The molecule has 1 atom stereocenters. The number of nitrogens with one attached hydrogen (secondary N) is 1. The molecular formula is C15H16Cl2N2O2. The molecule has 4 nitrogen and oxygen atoms in total. The number of rotatable bonds is 1. The number of benzene rings is 1. The van der Waals surface area contributed by atoms with Gasteiger partial charge in [-0.2, -0.15) is 0 Å². The number of nitrogens with zero attached hydrogens (tertiary/aromatic N) is 1. The van der Waals surface area contributed by atoms with Crippen LogP contribution in [0.5, 0.6) is 0 Å². The Morgan fingerprint density at radius 2 is 2.10 bits per heavy atom. The molecule has 0 radical (unpaired) electrons. The molecule has 0 aromatic heterocycles. The van der Waals surface area contributed by atoms with Gasteiger partial charge < -0.3 is 10.2 Å². The molecule has 6 heteroatoms. The zero-order valence-corrected chi connectivity index (χ0v) is 13.0. The predicted octanol–water partition coefficient (Wildman–Crippen LogP) is 2.55. The first-order valence-electron chi connectivity index (χ1n) is 7.09. The number of halogens is 2. The molecule has 2 aliphatic heterocycles. The lowest BCUT2D eigenvalue weighted by molar-refractivity contribution is -0.138. The van der Waals surface area contributed by atoms with Gasteiger partial charge in [0.05, 0.1) is 0 Å². The Morgan fingerprint density at radius 1 is 1.29 bits per heavy atom. The maximum atomic E-state index is 12.5. The molecule has 21 heavy (non-hydrogen) atoms. The Bertz CT molecular complexity index is 604. The van der Waals surface area contributed by atoms with Gasteiger partial charge in [0.2, 0.25) is 11.8 Å². The van der Waals surface area contributed by atoms with Crippen LogP contribution in [0.1, 0.15) is 30.4 Å². The molecule has 1 aromatic rings. The number of hydrogen-bond donors (Lipinski definition) is 1. The fourth-order valence-corrected chi connectivity index (χ4v) is 3.64. The topological polar surface area (TPSA) is 49.4 Å². The van der Waals surface area contributed by atoms with Crippen LogP contribution in [0, 0.1) is 0 Å². The zero-order chi connectivity index (χ0) is 15.0. The van der Waals surface area contributed by atoms with E-state index in [4.69, 9.17) is 23.2 Å². The van der Waals surface area contributed by atoms with Crippen LogP contribution in [0.3, 0.4) is 0 Å². The van der Waals surface area contributed by atoms with Gasteiger partial charge in [-0.3, -0.25) is 9.59 Å². The molecule has 1 N–H and O–H groups in total. The number of carbonyl (C=O) groups is 2. The van der Waals surface area contributed by atoms with Gasteiger partial charge in [0.25, 0.3) is 0 Å². The van der Waals surface area contributed by atoms with E-state index >= 15 is 0 Å². The van der Waals surface area contributed by atoms with Crippen molar-refractivity contribution in [2.24, 2.45) is 0 Å². The molecule has 0 spiro atoms. The number of fused-ring (bicyclic) bond motifs is 1. The van der Waals surface area contributed by atoms with Crippen molar-refractivity contribution in [2.75, 3.05) is 6.54 Å². The van der Waals surface area contributed by atoms with Gasteiger partial charge >= 0.3 is 0 Å². The third-order valence-electron chi connectivity index (χ3n) is 4.09. The molecule has 2 amide bonds. The Balaban J connectivity index is 1.76. The summed E-state index contributed by atoms with van der Waals surface area (Å²) in [5, 5.41) is 4.02. The van der Waals surface area contributed by atoms with Crippen LogP contribution in [0.4, 0.5) is 0 Å². The molecule has 0 bridgehead atoms. The van der Waals surface area contributed by atoms with Crippen molar-refractivity contribution in [3.05, 3.63) is 33.3 Å². The van der Waals surface area contributed by atoms with E-state index in [1.807, 2.05) is 6.07 Å². The lowest BCUT2D eigenvalue weighted by Crippen LogP contribution is -2.51. The molecule has 0 unspecified atom stereocenters. The SMILES string of the molecule is O=C1CCC[C@H](C(=O)N2CCc3c(Cl)cc(Cl)cc3C2)N1. The van der Waals surface area contributed by atoms with Crippen LogP contribution in [0.15, 0.2) is 12.1 Å². The first-order chi connectivity index (χ1) is 10.0. The van der Waals surface area contributed by atoms with Crippen molar-refractivity contribution >= 4 is 35.0 Å². The van der Waals surface area contributed by atoms with E-state index in [2.05, 4.69) is 5.32 Å². The highest BCUT2D eigenvalue weighted by molar-refractivity contribution is 6.35. The van der Waals surface area contributed by atoms with E-state index in [1.54, 1.807) is 11.0 Å². The average molecular weight is 327 g/mol. The summed E-state index contributed by atoms with van der Waals surface area (Å²) in [7, 11) is 0. The third-order valence-corrected chi connectivity index (χ3v) is 4.64. The minimum atomic E-state index is -0.387. The Hall–Kier alpha value is -1.26. The van der Waals surface area contributed by atoms with Gasteiger partial charge in [-0.05, 0) is 42.5 Å². The monoisotopic (exact) mass is 326 g/mol. The van der Waals surface area contributed by atoms with Crippen molar-refractivity contribution in [3.8, 4) is 0 Å². The summed E-state index contributed by atoms with van der Waals surface area (Å²) in [6.07, 6.45) is 2.71. The molecule has 3 rings (SSSR count). The van der Waals surface area contributed by atoms with Crippen molar-refractivity contribution in [1.82, 2.24) is 10.2 Å². The fraction of sp³-hybridized carbons (Fsp3) is 0.467. The van der Waals surface area contributed by atoms with Crippen molar-refractivity contribution in [1.29, 1.82) is 0 Å². The second kappa shape index (κ2) is 5.85. The first-order valence-corrected chi connectivity index (χ1v) is 7.85. The third kappa shape index (κ3) is 3.01. The summed E-state index contributed by atoms with van der Waals surface area (Å²) in [5.41, 5.74) is 2.06. The minimum Gasteiger partial charge on any atom is -0.344 e. The zero-order valence-electron chi connectivity index (χ0n) is 11.5. The highest BCUT2D eigenvalue weighted by atomic mass is 35.5. The summed E-state index contributed by atoms with van der Waals surface area (Å²) in [6.45, 7) is 1.13. The van der Waals surface area contributed by atoms with E-state index in [0.717, 1.165) is 24.0 Å². The number of amides is 2. The first kappa shape index (κ1) is 14.7. The smallest absolute Gasteiger partial charge is 0.245 e. The number of carbonyl (C=O) groups excluding carboxylic acids is 2. The molecule has 2 heterocycles. The molecule has 2 aliphatic rings. The van der Waals surface area contributed by atoms with Crippen LogP contribution in [-0.2, 0) is 22.6 Å². The largest absolute Gasteiger partial charge is 0.344 e. The van der Waals surface area contributed by atoms with Gasteiger partial charge in [-0.15, -0.1) is 0 Å². The van der Waals surface area contributed by atoms with E-state index < -0.39 is 0 Å². The molecular weight excluding hydrogens is 311 g/mol. The lowest BCUT2D eigenvalue weighted by atomic mass is 9.97. The standard InChI is InChI=1S/C15H16Cl2N2O2/c16-10-6-9-8-19(5-4-11(9)12(17)7-10)15(21)13-2-1-3-14(20)18-13/h6-7,13H,1-5,8H2,(H,18,20)/t13-/m1/s1. The van der Waals surface area contributed by atoms with Crippen LogP contribution in [0.25, 0.3) is 0 Å². The average Bonchev–Trinajstić information content (AvgIpc) is 2.45. The minimum absolute atomic E-state index is 0.00945. The predicted molar refractivity (Wildman–Crippen MR) is 81.4 cm³/mol. The van der Waals surface area contributed by atoms with Gasteiger partial charge in [0.1, 0.15) is 6.04 Å². The van der Waals surface area contributed by atoms with Gasteiger partial charge in [0.15, 0.2) is 0 Å². The highest BCUT2D eigenvalue weighted by Crippen LogP contribution is 2.30. The van der Waals surface area contributed by atoms with Crippen molar-refractivity contribution in [3.63, 3.8) is 0 Å². The quantitative estimate of drug-likeness (QED) is 0.862. The van der Waals surface area contributed by atoms with Crippen LogP contribution >= 0.6 is 23.2 Å². The summed E-state index contributed by atoms with van der Waals surface area (Å²) >= 11 is 12.2. The molecule has 1 aromatic carbocycles. The van der Waals surface area contributed by atoms with Crippen molar-refractivity contribution < 1.29 is 9.59 Å². The summed E-state index contributed by atoms with van der Waals surface area (Å²) in [5.74, 6) is -0.0482.